The molecule has 8 aromatic carbocycles. The van der Waals surface area contributed by atoms with E-state index in [2.05, 4.69) is 180 Å². The van der Waals surface area contributed by atoms with E-state index in [4.69, 9.17) is 0 Å². The molecule has 4 heterocycles. The second-order valence-corrected chi connectivity index (χ2v) is 14.4. The van der Waals surface area contributed by atoms with Crippen molar-refractivity contribution >= 4 is 108 Å². The Labute approximate surface area is 307 Å². The van der Waals surface area contributed by atoms with Crippen molar-refractivity contribution in [3.8, 4) is 5.69 Å². The zero-order chi connectivity index (χ0) is 34.8. The third-order valence-electron chi connectivity index (χ3n) is 11.8. The first-order chi connectivity index (χ1) is 26.3. The van der Waals surface area contributed by atoms with Gasteiger partial charge < -0.3 is 4.57 Å². The van der Waals surface area contributed by atoms with Crippen molar-refractivity contribution < 1.29 is 4.79 Å². The van der Waals surface area contributed by atoms with E-state index in [1.54, 1.807) is 0 Å². The SMILES string of the molecule is O=C1N2c3ccccc3B(c3ccccc3)c3ccc4c(c32)c2c(c3c5ccccc5n(-c5ccccc5)c43)B(c3ccccc3)c3ccccc3N12. The number of rotatable bonds is 3. The van der Waals surface area contributed by atoms with Crippen LogP contribution in [0.15, 0.2) is 176 Å². The molecular formula is C47H29B2N3O. The summed E-state index contributed by atoms with van der Waals surface area (Å²) in [6.45, 7) is -0.133. The fourth-order valence-electron chi connectivity index (χ4n) is 9.83. The minimum absolute atomic E-state index is 0.0328. The smallest absolute Gasteiger partial charge is 0.309 e. The number of aromatic nitrogens is 1. The standard InChI is InChI=1S/C47H29B2N3O/c53-47-51-39-26-14-11-23-35(39)48(30-16-4-1-5-17-30)37-29-28-34-42(45(37)51)46-43(49(31-18-6-2-7-19-31)36-24-12-15-27-40(36)52(46)47)41-33-22-10-13-25-38(33)50(44(34)41)32-20-8-3-9-21-32/h1-29H. The van der Waals surface area contributed by atoms with Crippen molar-refractivity contribution in [1.29, 1.82) is 0 Å². The monoisotopic (exact) mass is 673 g/mol. The highest BCUT2D eigenvalue weighted by Crippen LogP contribution is 2.51. The zero-order valence-electron chi connectivity index (χ0n) is 28.6. The van der Waals surface area contributed by atoms with Crippen LogP contribution in [0, 0.1) is 0 Å². The molecule has 9 aromatic rings. The van der Waals surface area contributed by atoms with Crippen LogP contribution in [0.25, 0.3) is 38.3 Å². The molecule has 0 saturated heterocycles. The lowest BCUT2D eigenvalue weighted by molar-refractivity contribution is 0.255. The van der Waals surface area contributed by atoms with Crippen LogP contribution in [-0.2, 0) is 0 Å². The minimum Gasteiger partial charge on any atom is -0.309 e. The summed E-state index contributed by atoms with van der Waals surface area (Å²) in [5, 5.41) is 4.63. The number of urea groups is 1. The molecule has 6 heteroatoms. The number of nitrogens with zero attached hydrogens (tertiary/aromatic N) is 3. The molecule has 1 aromatic heterocycles. The van der Waals surface area contributed by atoms with Crippen molar-refractivity contribution in [1.82, 2.24) is 4.57 Å². The first kappa shape index (κ1) is 28.9. The summed E-state index contributed by atoms with van der Waals surface area (Å²) >= 11 is 0. The Balaban J connectivity index is 1.36. The first-order valence-corrected chi connectivity index (χ1v) is 18.3. The number of benzene rings is 8. The van der Waals surface area contributed by atoms with Gasteiger partial charge >= 0.3 is 6.03 Å². The van der Waals surface area contributed by atoms with Gasteiger partial charge in [0.05, 0.1) is 22.4 Å². The van der Waals surface area contributed by atoms with Gasteiger partial charge in [0, 0.05) is 38.6 Å². The number of fused-ring (bicyclic) bond motifs is 9. The molecule has 0 spiro atoms. The maximum Gasteiger partial charge on any atom is 0.338 e. The average molecular weight is 673 g/mol. The Bertz CT molecular complexity index is 3000. The van der Waals surface area contributed by atoms with Crippen molar-refractivity contribution in [3.63, 3.8) is 0 Å². The zero-order valence-corrected chi connectivity index (χ0v) is 28.6. The summed E-state index contributed by atoms with van der Waals surface area (Å²) in [6.07, 6.45) is 0. The quantitative estimate of drug-likeness (QED) is 0.186. The van der Waals surface area contributed by atoms with Crippen molar-refractivity contribution in [2.24, 2.45) is 0 Å². The van der Waals surface area contributed by atoms with Gasteiger partial charge in [-0.1, -0.05) is 157 Å². The maximum absolute atomic E-state index is 15.6. The molecule has 3 aliphatic rings. The van der Waals surface area contributed by atoms with E-state index >= 15 is 4.79 Å². The third-order valence-corrected chi connectivity index (χ3v) is 11.8. The Hall–Kier alpha value is -6.78. The van der Waals surface area contributed by atoms with Gasteiger partial charge in [-0.2, -0.15) is 0 Å². The fourth-order valence-corrected chi connectivity index (χ4v) is 9.83. The van der Waals surface area contributed by atoms with E-state index in [1.807, 2.05) is 9.80 Å². The van der Waals surface area contributed by atoms with Gasteiger partial charge in [-0.15, -0.1) is 0 Å². The summed E-state index contributed by atoms with van der Waals surface area (Å²) in [7, 11) is 0. The van der Waals surface area contributed by atoms with Gasteiger partial charge in [0.15, 0.2) is 0 Å². The largest absolute Gasteiger partial charge is 0.338 e. The number of para-hydroxylation sites is 4. The van der Waals surface area contributed by atoms with Crippen LogP contribution in [-0.4, -0.2) is 24.0 Å². The van der Waals surface area contributed by atoms with Crippen LogP contribution in [0.5, 0.6) is 0 Å². The van der Waals surface area contributed by atoms with E-state index in [-0.39, 0.29) is 19.5 Å². The van der Waals surface area contributed by atoms with Crippen LogP contribution < -0.4 is 42.6 Å². The lowest BCUT2D eigenvalue weighted by atomic mass is 9.33. The summed E-state index contributed by atoms with van der Waals surface area (Å²) < 4.78 is 2.45. The Kier molecular flexibility index (Phi) is 5.79. The van der Waals surface area contributed by atoms with E-state index < -0.39 is 0 Å². The predicted octanol–water partition coefficient (Wildman–Crippen LogP) is 7.01. The fraction of sp³-hybridized carbons (Fsp3) is 0. The lowest BCUT2D eigenvalue weighted by Gasteiger charge is -2.46. The molecule has 2 amide bonds. The van der Waals surface area contributed by atoms with Gasteiger partial charge in [0.2, 0.25) is 13.4 Å². The molecule has 12 rings (SSSR count). The number of hydrogen-bond acceptors (Lipinski definition) is 1. The van der Waals surface area contributed by atoms with Gasteiger partial charge in [-0.25, -0.2) is 4.79 Å². The Morgan fingerprint density at radius 1 is 0.415 bits per heavy atom. The summed E-state index contributed by atoms with van der Waals surface area (Å²) in [6, 6.07) is 62.7. The molecule has 244 valence electrons. The van der Waals surface area contributed by atoms with Crippen LogP contribution in [0.1, 0.15) is 0 Å². The van der Waals surface area contributed by atoms with Crippen molar-refractivity contribution in [2.75, 3.05) is 9.80 Å². The molecule has 0 radical (unpaired) electrons. The number of anilines is 4. The molecule has 4 nitrogen and oxygen atoms in total. The summed E-state index contributed by atoms with van der Waals surface area (Å²) in [4.78, 5) is 19.7. The third kappa shape index (κ3) is 3.69. The highest BCUT2D eigenvalue weighted by molar-refractivity contribution is 7.01. The summed E-state index contributed by atoms with van der Waals surface area (Å²) in [5.41, 5.74) is 14.3. The van der Waals surface area contributed by atoms with E-state index in [9.17, 15) is 0 Å². The van der Waals surface area contributed by atoms with Gasteiger partial charge in [0.1, 0.15) is 0 Å². The Morgan fingerprint density at radius 2 is 0.962 bits per heavy atom. The molecule has 0 saturated carbocycles. The molecule has 0 unspecified atom stereocenters. The maximum atomic E-state index is 15.6. The van der Waals surface area contributed by atoms with Crippen molar-refractivity contribution in [2.45, 2.75) is 0 Å². The highest BCUT2D eigenvalue weighted by atomic mass is 16.2. The van der Waals surface area contributed by atoms with Crippen LogP contribution in [0.2, 0.25) is 0 Å². The van der Waals surface area contributed by atoms with E-state index in [1.165, 1.54) is 32.7 Å². The molecule has 0 atom stereocenters. The molecule has 0 fully saturated rings. The number of carbonyl (C=O) groups excluding carboxylic acids is 1. The second kappa shape index (κ2) is 10.6. The normalized spacial score (nSPS) is 13.9. The Morgan fingerprint density at radius 3 is 1.66 bits per heavy atom. The number of carbonyl (C=O) groups is 1. The van der Waals surface area contributed by atoms with Crippen LogP contribution in [0.4, 0.5) is 27.5 Å². The second-order valence-electron chi connectivity index (χ2n) is 14.4. The molecular weight excluding hydrogens is 644 g/mol. The lowest BCUT2D eigenvalue weighted by Crippen LogP contribution is -2.64. The van der Waals surface area contributed by atoms with Gasteiger partial charge in [0.25, 0.3) is 0 Å². The average Bonchev–Trinajstić information content (AvgIpc) is 3.57. The number of amides is 2. The molecule has 0 aliphatic carbocycles. The molecule has 0 N–H and O–H groups in total. The minimum atomic E-state index is -0.100. The van der Waals surface area contributed by atoms with E-state index in [0.717, 1.165) is 61.1 Å². The predicted molar refractivity (Wildman–Crippen MR) is 223 cm³/mol. The molecule has 0 bridgehead atoms. The number of hydrogen-bond donors (Lipinski definition) is 0. The highest BCUT2D eigenvalue weighted by Gasteiger charge is 2.49. The van der Waals surface area contributed by atoms with Crippen LogP contribution in [0.3, 0.4) is 0 Å². The summed E-state index contributed by atoms with van der Waals surface area (Å²) in [5.74, 6) is 0. The van der Waals surface area contributed by atoms with E-state index in [0.29, 0.717) is 0 Å². The van der Waals surface area contributed by atoms with Gasteiger partial charge in [-0.3, -0.25) is 9.80 Å². The van der Waals surface area contributed by atoms with Crippen LogP contribution >= 0.6 is 0 Å². The van der Waals surface area contributed by atoms with Crippen molar-refractivity contribution in [3.05, 3.63) is 176 Å². The molecule has 53 heavy (non-hydrogen) atoms. The molecule has 3 aliphatic heterocycles. The van der Waals surface area contributed by atoms with Gasteiger partial charge in [-0.05, 0) is 52.2 Å². The topological polar surface area (TPSA) is 28.5 Å². The first-order valence-electron chi connectivity index (χ1n) is 18.3.